The molecule has 0 saturated heterocycles. The number of nitrogens with zero attached hydrogens (tertiary/aromatic N) is 3. The number of hydrogen-bond acceptors (Lipinski definition) is 6. The molecule has 0 unspecified atom stereocenters. The number of ether oxygens (including phenoxy) is 1. The summed E-state index contributed by atoms with van der Waals surface area (Å²) in [4.78, 5) is 3.91. The lowest BCUT2D eigenvalue weighted by molar-refractivity contribution is 0.270. The summed E-state index contributed by atoms with van der Waals surface area (Å²) >= 11 is 0. The lowest BCUT2D eigenvalue weighted by atomic mass is 10.2. The van der Waals surface area contributed by atoms with E-state index in [1.165, 1.54) is 6.07 Å². The van der Waals surface area contributed by atoms with Gasteiger partial charge in [-0.05, 0) is 18.1 Å². The van der Waals surface area contributed by atoms with Crippen LogP contribution >= 0.6 is 0 Å². The van der Waals surface area contributed by atoms with E-state index in [9.17, 15) is 8.42 Å². The first-order valence-corrected chi connectivity index (χ1v) is 8.14. The molecule has 0 radical (unpaired) electrons. The summed E-state index contributed by atoms with van der Waals surface area (Å²) in [5, 5.41) is 11.9. The number of hydrogen-bond donors (Lipinski definition) is 1. The van der Waals surface area contributed by atoms with Crippen molar-refractivity contribution < 1.29 is 13.2 Å². The van der Waals surface area contributed by atoms with Gasteiger partial charge in [-0.1, -0.05) is 13.8 Å². The highest BCUT2D eigenvalue weighted by Crippen LogP contribution is 2.37. The number of benzene rings is 1. The van der Waals surface area contributed by atoms with Crippen LogP contribution in [0.3, 0.4) is 0 Å². The maximum atomic E-state index is 12.6. The Kier molecular flexibility index (Phi) is 3.30. The van der Waals surface area contributed by atoms with Gasteiger partial charge in [-0.25, -0.2) is 17.4 Å². The Bertz CT molecular complexity index is 878. The van der Waals surface area contributed by atoms with E-state index in [0.29, 0.717) is 24.0 Å². The van der Waals surface area contributed by atoms with Crippen LogP contribution in [-0.4, -0.2) is 24.0 Å². The molecule has 8 heteroatoms. The molecular formula is C14H14N4O3S. The van der Waals surface area contributed by atoms with Gasteiger partial charge in [-0.3, -0.25) is 0 Å². The molecular weight excluding hydrogens is 304 g/mol. The van der Waals surface area contributed by atoms with Gasteiger partial charge in [0.1, 0.15) is 23.0 Å². The molecule has 2 aromatic rings. The first kappa shape index (κ1) is 14.4. The third-order valence-corrected chi connectivity index (χ3v) is 4.86. The molecule has 3 rings (SSSR count). The van der Waals surface area contributed by atoms with Gasteiger partial charge in [0.05, 0.1) is 12.3 Å². The Morgan fingerprint density at radius 2 is 2.23 bits per heavy atom. The molecule has 1 aliphatic rings. The predicted octanol–water partition coefficient (Wildman–Crippen LogP) is 2.08. The van der Waals surface area contributed by atoms with Crippen molar-refractivity contribution in [3.63, 3.8) is 0 Å². The molecule has 2 heterocycles. The van der Waals surface area contributed by atoms with Crippen molar-refractivity contribution in [3.8, 4) is 11.8 Å². The molecule has 0 bridgehead atoms. The Hall–Kier alpha value is -2.53. The third kappa shape index (κ3) is 2.19. The summed E-state index contributed by atoms with van der Waals surface area (Å²) < 4.78 is 31.8. The minimum absolute atomic E-state index is 0.0364. The van der Waals surface area contributed by atoms with Gasteiger partial charge in [0.15, 0.2) is 11.5 Å². The fourth-order valence-electron chi connectivity index (χ4n) is 2.12. The standard InChI is InChI=1S/C14H14N4O3S/c1-9(2)7-21-10-3-4-11-13(5-10)22(19,20)18-8-16-12(6-15)14(18)17-11/h3-5,8-9,17H,7H2,1-2H3. The van der Waals surface area contributed by atoms with Gasteiger partial charge in [-0.15, -0.1) is 0 Å². The van der Waals surface area contributed by atoms with Crippen LogP contribution in [-0.2, 0) is 10.0 Å². The van der Waals surface area contributed by atoms with Crippen molar-refractivity contribution in [2.45, 2.75) is 18.7 Å². The highest BCUT2D eigenvalue weighted by molar-refractivity contribution is 7.90. The minimum Gasteiger partial charge on any atom is -0.493 e. The molecule has 0 amide bonds. The first-order chi connectivity index (χ1) is 10.4. The van der Waals surface area contributed by atoms with E-state index in [0.717, 1.165) is 10.3 Å². The molecule has 22 heavy (non-hydrogen) atoms. The van der Waals surface area contributed by atoms with Gasteiger partial charge in [0, 0.05) is 6.07 Å². The molecule has 7 nitrogen and oxygen atoms in total. The molecule has 1 aliphatic heterocycles. The first-order valence-electron chi connectivity index (χ1n) is 6.70. The van der Waals surface area contributed by atoms with Crippen LogP contribution < -0.4 is 10.1 Å². The second-order valence-electron chi connectivity index (χ2n) is 5.34. The Morgan fingerprint density at radius 1 is 1.45 bits per heavy atom. The number of nitriles is 1. The molecule has 0 aliphatic carbocycles. The van der Waals surface area contributed by atoms with Crippen molar-refractivity contribution in [2.24, 2.45) is 5.92 Å². The van der Waals surface area contributed by atoms with Gasteiger partial charge in [-0.2, -0.15) is 5.26 Å². The maximum absolute atomic E-state index is 12.6. The van der Waals surface area contributed by atoms with Crippen molar-refractivity contribution in [1.29, 1.82) is 5.26 Å². The summed E-state index contributed by atoms with van der Waals surface area (Å²) in [5.41, 5.74) is 0.441. The monoisotopic (exact) mass is 318 g/mol. The largest absolute Gasteiger partial charge is 0.493 e. The molecule has 0 atom stereocenters. The fraction of sp³-hybridized carbons (Fsp3) is 0.286. The van der Waals surface area contributed by atoms with E-state index in [2.05, 4.69) is 10.3 Å². The summed E-state index contributed by atoms with van der Waals surface area (Å²) in [6.45, 7) is 4.52. The predicted molar refractivity (Wildman–Crippen MR) is 79.6 cm³/mol. The van der Waals surface area contributed by atoms with Crippen LogP contribution in [0.4, 0.5) is 11.5 Å². The van der Waals surface area contributed by atoms with E-state index in [4.69, 9.17) is 10.00 Å². The zero-order valence-electron chi connectivity index (χ0n) is 12.1. The lowest BCUT2D eigenvalue weighted by Crippen LogP contribution is -2.21. The summed E-state index contributed by atoms with van der Waals surface area (Å²) in [6, 6.07) is 6.67. The van der Waals surface area contributed by atoms with E-state index < -0.39 is 10.0 Å². The number of nitrogens with one attached hydrogen (secondary N) is 1. The number of anilines is 2. The molecule has 114 valence electrons. The smallest absolute Gasteiger partial charge is 0.272 e. The zero-order chi connectivity index (χ0) is 15.9. The van der Waals surface area contributed by atoms with Crippen LogP contribution in [0.5, 0.6) is 5.75 Å². The number of imidazole rings is 1. The van der Waals surface area contributed by atoms with Crippen LogP contribution in [0.15, 0.2) is 29.4 Å². The van der Waals surface area contributed by atoms with Crippen LogP contribution in [0.25, 0.3) is 0 Å². The van der Waals surface area contributed by atoms with Gasteiger partial charge in [0.25, 0.3) is 10.0 Å². The van der Waals surface area contributed by atoms with Crippen LogP contribution in [0.1, 0.15) is 19.5 Å². The Labute approximate surface area is 128 Å². The zero-order valence-corrected chi connectivity index (χ0v) is 12.9. The van der Waals surface area contributed by atoms with E-state index >= 15 is 0 Å². The van der Waals surface area contributed by atoms with Crippen molar-refractivity contribution in [1.82, 2.24) is 8.96 Å². The van der Waals surface area contributed by atoms with E-state index in [-0.39, 0.29) is 16.4 Å². The number of fused-ring (bicyclic) bond motifs is 2. The maximum Gasteiger partial charge on any atom is 0.272 e. The molecule has 0 saturated carbocycles. The van der Waals surface area contributed by atoms with Crippen LogP contribution in [0, 0.1) is 17.2 Å². The number of aromatic nitrogens is 2. The van der Waals surface area contributed by atoms with Crippen LogP contribution in [0.2, 0.25) is 0 Å². The molecule has 1 N–H and O–H groups in total. The molecule has 1 aromatic carbocycles. The van der Waals surface area contributed by atoms with Crippen molar-refractivity contribution in [3.05, 3.63) is 30.2 Å². The van der Waals surface area contributed by atoms with E-state index in [1.807, 2.05) is 19.9 Å². The average Bonchev–Trinajstić information content (AvgIpc) is 2.89. The lowest BCUT2D eigenvalue weighted by Gasteiger charge is -2.21. The normalized spacial score (nSPS) is 14.6. The molecule has 0 fully saturated rings. The second-order valence-corrected chi connectivity index (χ2v) is 7.13. The van der Waals surface area contributed by atoms with Gasteiger partial charge in [0.2, 0.25) is 0 Å². The summed E-state index contributed by atoms with van der Waals surface area (Å²) in [6.07, 6.45) is 1.13. The van der Waals surface area contributed by atoms with Gasteiger partial charge >= 0.3 is 0 Å². The van der Waals surface area contributed by atoms with Crippen molar-refractivity contribution >= 4 is 21.5 Å². The molecule has 1 aromatic heterocycles. The number of rotatable bonds is 3. The highest BCUT2D eigenvalue weighted by Gasteiger charge is 2.31. The third-order valence-electron chi connectivity index (χ3n) is 3.17. The minimum atomic E-state index is -3.79. The average molecular weight is 318 g/mol. The molecule has 0 spiro atoms. The Morgan fingerprint density at radius 3 is 2.91 bits per heavy atom. The van der Waals surface area contributed by atoms with Crippen molar-refractivity contribution in [2.75, 3.05) is 11.9 Å². The van der Waals surface area contributed by atoms with Gasteiger partial charge < -0.3 is 10.1 Å². The summed E-state index contributed by atoms with van der Waals surface area (Å²) in [7, 11) is -3.79. The SMILES string of the molecule is CC(C)COc1ccc2c(c1)S(=O)(=O)n1cnc(C#N)c1N2. The second kappa shape index (κ2) is 5.03. The topological polar surface area (TPSA) is 97.0 Å². The summed E-state index contributed by atoms with van der Waals surface area (Å²) in [5.74, 6) is 0.983. The Balaban J connectivity index is 2.06. The highest BCUT2D eigenvalue weighted by atomic mass is 32.2. The fourth-order valence-corrected chi connectivity index (χ4v) is 3.54. The quantitative estimate of drug-likeness (QED) is 0.794. The van der Waals surface area contributed by atoms with E-state index in [1.54, 1.807) is 12.1 Å².